The molecule has 1 aliphatic carbocycles. The Morgan fingerprint density at radius 1 is 1.29 bits per heavy atom. The van der Waals surface area contributed by atoms with E-state index in [4.69, 9.17) is 0 Å². The molecule has 0 radical (unpaired) electrons. The number of rotatable bonds is 2. The van der Waals surface area contributed by atoms with Crippen LogP contribution in [0.4, 0.5) is 4.39 Å². The minimum absolute atomic E-state index is 0.0811. The standard InChI is InChI=1S/C15H18FN/c1-10(2)17-9-11-7-12(17)8-14(11)13-5-3-4-6-15(13)16/h3-6,8,10-12H,7,9H2,1-2H3. The first-order chi connectivity index (χ1) is 8.16. The predicted octanol–water partition coefficient (Wildman–Crippen LogP) is 3.32. The lowest BCUT2D eigenvalue weighted by Gasteiger charge is -2.29. The molecular formula is C15H18FN. The summed E-state index contributed by atoms with van der Waals surface area (Å²) in [6.07, 6.45) is 3.44. The molecule has 1 aliphatic heterocycles. The van der Waals surface area contributed by atoms with Gasteiger partial charge in [-0.15, -0.1) is 0 Å². The van der Waals surface area contributed by atoms with Gasteiger partial charge in [0, 0.05) is 24.2 Å². The van der Waals surface area contributed by atoms with Crippen LogP contribution in [0.25, 0.3) is 5.57 Å². The highest BCUT2D eigenvalue weighted by Gasteiger charge is 2.40. The lowest BCUT2D eigenvalue weighted by molar-refractivity contribution is 0.227. The molecule has 2 aliphatic rings. The molecule has 1 aromatic carbocycles. The maximum Gasteiger partial charge on any atom is 0.130 e. The second-order valence-corrected chi connectivity index (χ2v) is 5.39. The lowest BCUT2D eigenvalue weighted by atomic mass is 9.95. The zero-order valence-corrected chi connectivity index (χ0v) is 10.4. The number of nitrogens with zero attached hydrogens (tertiary/aromatic N) is 1. The third-order valence-electron chi connectivity index (χ3n) is 4.04. The maximum atomic E-state index is 13.8. The van der Waals surface area contributed by atoms with Crippen LogP contribution in [0.3, 0.4) is 0 Å². The van der Waals surface area contributed by atoms with Gasteiger partial charge >= 0.3 is 0 Å². The van der Waals surface area contributed by atoms with Crippen molar-refractivity contribution in [1.82, 2.24) is 4.90 Å². The molecular weight excluding hydrogens is 213 g/mol. The van der Waals surface area contributed by atoms with E-state index in [1.165, 1.54) is 12.0 Å². The highest BCUT2D eigenvalue weighted by molar-refractivity contribution is 5.72. The van der Waals surface area contributed by atoms with Crippen molar-refractivity contribution in [2.75, 3.05) is 6.54 Å². The van der Waals surface area contributed by atoms with Gasteiger partial charge in [-0.05, 0) is 37.8 Å². The van der Waals surface area contributed by atoms with Gasteiger partial charge in [-0.2, -0.15) is 0 Å². The highest BCUT2D eigenvalue weighted by Crippen LogP contribution is 2.43. The largest absolute Gasteiger partial charge is 0.294 e. The van der Waals surface area contributed by atoms with Crippen molar-refractivity contribution in [2.45, 2.75) is 32.4 Å². The van der Waals surface area contributed by atoms with Crippen molar-refractivity contribution >= 4 is 5.57 Å². The van der Waals surface area contributed by atoms with E-state index in [0.29, 0.717) is 18.0 Å². The number of hydrogen-bond donors (Lipinski definition) is 0. The molecule has 1 fully saturated rings. The summed E-state index contributed by atoms with van der Waals surface area (Å²) in [6.45, 7) is 5.55. The van der Waals surface area contributed by atoms with Gasteiger partial charge in [0.05, 0.1) is 0 Å². The molecule has 0 amide bonds. The quantitative estimate of drug-likeness (QED) is 0.754. The van der Waals surface area contributed by atoms with Gasteiger partial charge in [0.25, 0.3) is 0 Å². The zero-order chi connectivity index (χ0) is 12.0. The highest BCUT2D eigenvalue weighted by atomic mass is 19.1. The Morgan fingerprint density at radius 2 is 2.06 bits per heavy atom. The Kier molecular flexibility index (Phi) is 2.55. The van der Waals surface area contributed by atoms with Gasteiger partial charge in [-0.1, -0.05) is 24.3 Å². The molecule has 0 aromatic heterocycles. The molecule has 1 heterocycles. The van der Waals surface area contributed by atoms with E-state index < -0.39 is 0 Å². The third kappa shape index (κ3) is 1.71. The Morgan fingerprint density at radius 3 is 2.65 bits per heavy atom. The molecule has 2 bridgehead atoms. The summed E-state index contributed by atoms with van der Waals surface area (Å²) < 4.78 is 13.8. The molecule has 2 unspecified atom stereocenters. The monoisotopic (exact) mass is 231 g/mol. The summed E-state index contributed by atoms with van der Waals surface area (Å²) in [5.74, 6) is 0.446. The second-order valence-electron chi connectivity index (χ2n) is 5.39. The normalized spacial score (nSPS) is 27.9. The van der Waals surface area contributed by atoms with E-state index in [-0.39, 0.29) is 5.82 Å². The molecule has 0 N–H and O–H groups in total. The van der Waals surface area contributed by atoms with Gasteiger partial charge in [0.2, 0.25) is 0 Å². The van der Waals surface area contributed by atoms with Gasteiger partial charge in [0.1, 0.15) is 5.82 Å². The van der Waals surface area contributed by atoms with E-state index in [2.05, 4.69) is 24.8 Å². The average molecular weight is 231 g/mol. The lowest BCUT2D eigenvalue weighted by Crippen LogP contribution is -2.36. The molecule has 3 rings (SSSR count). The van der Waals surface area contributed by atoms with E-state index in [1.54, 1.807) is 12.1 Å². The number of likely N-dealkylation sites (tertiary alicyclic amines) is 1. The van der Waals surface area contributed by atoms with Crippen LogP contribution in [0.5, 0.6) is 0 Å². The first-order valence-electron chi connectivity index (χ1n) is 6.39. The Labute approximate surface area is 102 Å². The first kappa shape index (κ1) is 11.0. The van der Waals surface area contributed by atoms with Gasteiger partial charge in [-0.3, -0.25) is 4.90 Å². The molecule has 1 saturated heterocycles. The number of benzene rings is 1. The molecule has 2 atom stereocenters. The first-order valence-corrected chi connectivity index (χ1v) is 6.39. The Hall–Kier alpha value is -1.15. The summed E-state index contributed by atoms with van der Waals surface area (Å²) in [4.78, 5) is 2.51. The number of hydrogen-bond acceptors (Lipinski definition) is 1. The Bertz CT molecular complexity index is 464. The van der Waals surface area contributed by atoms with Crippen molar-refractivity contribution < 1.29 is 4.39 Å². The minimum atomic E-state index is -0.0811. The minimum Gasteiger partial charge on any atom is -0.294 e. The Balaban J connectivity index is 1.92. The fraction of sp³-hybridized carbons (Fsp3) is 0.467. The van der Waals surface area contributed by atoms with E-state index >= 15 is 0 Å². The SMILES string of the molecule is CC(C)N1CC2CC1C=C2c1ccccc1F. The fourth-order valence-corrected chi connectivity index (χ4v) is 3.22. The second kappa shape index (κ2) is 3.95. The predicted molar refractivity (Wildman–Crippen MR) is 68.1 cm³/mol. The third-order valence-corrected chi connectivity index (χ3v) is 4.04. The summed E-state index contributed by atoms with van der Waals surface area (Å²) >= 11 is 0. The van der Waals surface area contributed by atoms with Crippen LogP contribution in [0.1, 0.15) is 25.8 Å². The molecule has 1 aromatic rings. The van der Waals surface area contributed by atoms with Crippen LogP contribution in [0.15, 0.2) is 30.3 Å². The average Bonchev–Trinajstić information content (AvgIpc) is 2.88. The van der Waals surface area contributed by atoms with Crippen LogP contribution in [0.2, 0.25) is 0 Å². The zero-order valence-electron chi connectivity index (χ0n) is 10.4. The van der Waals surface area contributed by atoms with Crippen LogP contribution >= 0.6 is 0 Å². The van der Waals surface area contributed by atoms with E-state index in [1.807, 2.05) is 12.1 Å². The van der Waals surface area contributed by atoms with Gasteiger partial charge < -0.3 is 0 Å². The van der Waals surface area contributed by atoms with Crippen molar-refractivity contribution in [3.8, 4) is 0 Å². The number of fused-ring (bicyclic) bond motifs is 2. The van der Waals surface area contributed by atoms with Gasteiger partial charge in [-0.25, -0.2) is 4.39 Å². The van der Waals surface area contributed by atoms with Crippen molar-refractivity contribution in [3.63, 3.8) is 0 Å². The van der Waals surface area contributed by atoms with Crippen molar-refractivity contribution in [3.05, 3.63) is 41.7 Å². The summed E-state index contributed by atoms with van der Waals surface area (Å²) in [7, 11) is 0. The molecule has 0 saturated carbocycles. The summed E-state index contributed by atoms with van der Waals surface area (Å²) in [5, 5.41) is 0. The smallest absolute Gasteiger partial charge is 0.130 e. The van der Waals surface area contributed by atoms with Crippen LogP contribution < -0.4 is 0 Å². The van der Waals surface area contributed by atoms with Crippen molar-refractivity contribution in [2.24, 2.45) is 5.92 Å². The molecule has 2 heteroatoms. The maximum absolute atomic E-state index is 13.8. The van der Waals surface area contributed by atoms with Crippen LogP contribution in [-0.2, 0) is 0 Å². The van der Waals surface area contributed by atoms with Crippen molar-refractivity contribution in [1.29, 1.82) is 0 Å². The summed E-state index contributed by atoms with van der Waals surface area (Å²) in [6, 6.07) is 8.25. The van der Waals surface area contributed by atoms with E-state index in [9.17, 15) is 4.39 Å². The van der Waals surface area contributed by atoms with Gasteiger partial charge in [0.15, 0.2) is 0 Å². The van der Waals surface area contributed by atoms with Crippen LogP contribution in [0, 0.1) is 11.7 Å². The molecule has 1 nitrogen and oxygen atoms in total. The van der Waals surface area contributed by atoms with Crippen LogP contribution in [-0.4, -0.2) is 23.5 Å². The van der Waals surface area contributed by atoms with E-state index in [0.717, 1.165) is 12.1 Å². The topological polar surface area (TPSA) is 3.24 Å². The number of halogens is 1. The molecule has 90 valence electrons. The summed E-state index contributed by atoms with van der Waals surface area (Å²) in [5.41, 5.74) is 2.04. The fourth-order valence-electron chi connectivity index (χ4n) is 3.22. The molecule has 17 heavy (non-hydrogen) atoms. The molecule has 0 spiro atoms.